The number of ether oxygens (including phenoxy) is 2. The molecule has 0 saturated heterocycles. The van der Waals surface area contributed by atoms with Gasteiger partial charge < -0.3 is 25.5 Å². The number of hydrogen-bond acceptors (Lipinski definition) is 7. The van der Waals surface area contributed by atoms with Crippen molar-refractivity contribution in [2.45, 2.75) is 12.3 Å². The first-order valence-electron chi connectivity index (χ1n) is 10.7. The number of benzene rings is 2. The molecule has 2 aromatic carbocycles. The summed E-state index contributed by atoms with van der Waals surface area (Å²) >= 11 is 0. The van der Waals surface area contributed by atoms with E-state index in [0.717, 1.165) is 45.8 Å². The molecule has 1 unspecified atom stereocenters. The van der Waals surface area contributed by atoms with Gasteiger partial charge >= 0.3 is 0 Å². The molecule has 1 aliphatic rings. The molecule has 1 amide bonds. The summed E-state index contributed by atoms with van der Waals surface area (Å²) in [5.41, 5.74) is 10.8. The van der Waals surface area contributed by atoms with Crippen molar-refractivity contribution in [2.75, 3.05) is 32.6 Å². The minimum Gasteiger partial charge on any atom is -0.493 e. The predicted molar refractivity (Wildman–Crippen MR) is 124 cm³/mol. The zero-order valence-corrected chi connectivity index (χ0v) is 18.2. The number of nitrogens with two attached hydrogens (primary N) is 1. The number of nitrogens with one attached hydrogen (secondary N) is 2. The van der Waals surface area contributed by atoms with Gasteiger partial charge in [-0.05, 0) is 48.4 Å². The quantitative estimate of drug-likeness (QED) is 0.390. The maximum Gasteiger partial charge on any atom is 0.251 e. The van der Waals surface area contributed by atoms with Crippen molar-refractivity contribution in [3.8, 4) is 17.0 Å². The highest BCUT2D eigenvalue weighted by Gasteiger charge is 2.25. The molecule has 168 valence electrons. The van der Waals surface area contributed by atoms with Crippen molar-refractivity contribution >= 4 is 22.9 Å². The molecule has 2 aromatic heterocycles. The number of nitrogens with zero attached hydrogens (tertiary/aromatic N) is 3. The Balaban J connectivity index is 1.37. The number of H-pyrrole nitrogens is 1. The second-order valence-electron chi connectivity index (χ2n) is 7.94. The maximum atomic E-state index is 12.4. The number of carbonyl (C=O) groups excluding carboxylic acids is 1. The van der Waals surface area contributed by atoms with E-state index >= 15 is 0 Å². The van der Waals surface area contributed by atoms with Gasteiger partial charge in [-0.2, -0.15) is 0 Å². The van der Waals surface area contributed by atoms with Crippen molar-refractivity contribution < 1.29 is 14.3 Å². The Morgan fingerprint density at radius 3 is 3.00 bits per heavy atom. The van der Waals surface area contributed by atoms with Crippen LogP contribution in [0.4, 0.5) is 5.95 Å². The van der Waals surface area contributed by atoms with Gasteiger partial charge in [-0.25, -0.2) is 15.0 Å². The Morgan fingerprint density at radius 1 is 1.24 bits per heavy atom. The van der Waals surface area contributed by atoms with Crippen molar-refractivity contribution in [1.29, 1.82) is 0 Å². The molecule has 0 spiro atoms. The Hall–Kier alpha value is -3.98. The SMILES string of the molecule is COCCNC(=O)c1ccc2c(c1)CC(c1nc3cc(-c4ccnc(N)n4)ccc3[nH]1)CO2. The summed E-state index contributed by atoms with van der Waals surface area (Å²) in [5.74, 6) is 1.82. The number of rotatable bonds is 6. The van der Waals surface area contributed by atoms with Crippen molar-refractivity contribution in [3.05, 3.63) is 65.6 Å². The van der Waals surface area contributed by atoms with Crippen LogP contribution in [0.15, 0.2) is 48.7 Å². The number of aromatic amines is 1. The van der Waals surface area contributed by atoms with Crippen LogP contribution in [0.1, 0.15) is 27.7 Å². The van der Waals surface area contributed by atoms with Crippen LogP contribution >= 0.6 is 0 Å². The average Bonchev–Trinajstić information content (AvgIpc) is 3.27. The number of carbonyl (C=O) groups is 1. The molecule has 0 saturated carbocycles. The molecule has 4 N–H and O–H groups in total. The largest absolute Gasteiger partial charge is 0.493 e. The fourth-order valence-corrected chi connectivity index (χ4v) is 3.99. The van der Waals surface area contributed by atoms with Gasteiger partial charge in [0, 0.05) is 31.0 Å². The predicted octanol–water partition coefficient (Wildman–Crippen LogP) is 2.70. The zero-order chi connectivity index (χ0) is 22.8. The number of anilines is 1. The van der Waals surface area contributed by atoms with Gasteiger partial charge in [-0.15, -0.1) is 0 Å². The normalized spacial score (nSPS) is 15.1. The molecule has 9 nitrogen and oxygen atoms in total. The lowest BCUT2D eigenvalue weighted by atomic mass is 9.94. The summed E-state index contributed by atoms with van der Waals surface area (Å²) in [6.07, 6.45) is 2.37. The van der Waals surface area contributed by atoms with Crippen LogP contribution in [0.3, 0.4) is 0 Å². The molecule has 0 aliphatic carbocycles. The standard InChI is InChI=1S/C24H24N6O3/c1-32-9-8-26-23(31)15-3-5-21-16(10-15)11-17(13-33-21)22-28-19-4-2-14(12-20(19)29-22)18-6-7-27-24(25)30-18/h2-7,10,12,17H,8-9,11,13H2,1H3,(H,26,31)(H,28,29)(H2,25,27,30). The van der Waals surface area contributed by atoms with E-state index in [4.69, 9.17) is 20.2 Å². The van der Waals surface area contributed by atoms with Gasteiger partial charge in [0.1, 0.15) is 11.6 Å². The maximum absolute atomic E-state index is 12.4. The Bertz CT molecular complexity index is 1320. The van der Waals surface area contributed by atoms with Crippen LogP contribution in [-0.2, 0) is 11.2 Å². The van der Waals surface area contributed by atoms with Crippen LogP contribution < -0.4 is 15.8 Å². The number of hydrogen-bond donors (Lipinski definition) is 3. The molecule has 5 rings (SSSR count). The number of nitrogen functional groups attached to an aromatic ring is 1. The van der Waals surface area contributed by atoms with Crippen molar-refractivity contribution in [1.82, 2.24) is 25.3 Å². The van der Waals surface area contributed by atoms with E-state index in [1.165, 1.54) is 0 Å². The Kier molecular flexibility index (Phi) is 5.62. The van der Waals surface area contributed by atoms with Gasteiger partial charge in [-0.1, -0.05) is 6.07 Å². The summed E-state index contributed by atoms with van der Waals surface area (Å²) < 4.78 is 11.0. The van der Waals surface area contributed by atoms with Crippen LogP contribution in [-0.4, -0.2) is 52.7 Å². The van der Waals surface area contributed by atoms with E-state index in [1.807, 2.05) is 36.4 Å². The fraction of sp³-hybridized carbons (Fsp3) is 0.250. The molecule has 33 heavy (non-hydrogen) atoms. The van der Waals surface area contributed by atoms with E-state index in [1.54, 1.807) is 19.4 Å². The highest BCUT2D eigenvalue weighted by molar-refractivity contribution is 5.94. The molecule has 1 aliphatic heterocycles. The second kappa shape index (κ2) is 8.87. The minimum atomic E-state index is -0.126. The molecule has 0 fully saturated rings. The van der Waals surface area contributed by atoms with E-state index in [2.05, 4.69) is 20.3 Å². The highest BCUT2D eigenvalue weighted by atomic mass is 16.5. The monoisotopic (exact) mass is 444 g/mol. The van der Waals surface area contributed by atoms with Gasteiger partial charge in [-0.3, -0.25) is 4.79 Å². The van der Waals surface area contributed by atoms with Gasteiger partial charge in [0.2, 0.25) is 5.95 Å². The highest BCUT2D eigenvalue weighted by Crippen LogP contribution is 2.33. The van der Waals surface area contributed by atoms with Crippen molar-refractivity contribution in [2.24, 2.45) is 0 Å². The lowest BCUT2D eigenvalue weighted by Crippen LogP contribution is -2.27. The summed E-state index contributed by atoms with van der Waals surface area (Å²) in [4.78, 5) is 28.9. The van der Waals surface area contributed by atoms with Crippen LogP contribution in [0, 0.1) is 0 Å². The Labute approximate surface area is 190 Å². The number of aromatic nitrogens is 4. The van der Waals surface area contributed by atoms with Crippen LogP contribution in [0.5, 0.6) is 5.75 Å². The molecular weight excluding hydrogens is 420 g/mol. The third kappa shape index (κ3) is 4.35. The van der Waals surface area contributed by atoms with Gasteiger partial charge in [0.15, 0.2) is 0 Å². The average molecular weight is 444 g/mol. The zero-order valence-electron chi connectivity index (χ0n) is 18.2. The van der Waals surface area contributed by atoms with E-state index in [9.17, 15) is 4.79 Å². The third-order valence-corrected chi connectivity index (χ3v) is 5.68. The summed E-state index contributed by atoms with van der Waals surface area (Å²) in [6.45, 7) is 1.45. The molecule has 4 aromatic rings. The van der Waals surface area contributed by atoms with Crippen LogP contribution in [0.25, 0.3) is 22.3 Å². The smallest absolute Gasteiger partial charge is 0.251 e. The fourth-order valence-electron chi connectivity index (χ4n) is 3.99. The van der Waals surface area contributed by atoms with Crippen LogP contribution in [0.2, 0.25) is 0 Å². The minimum absolute atomic E-state index is 0.0508. The topological polar surface area (TPSA) is 128 Å². The van der Waals surface area contributed by atoms with Crippen molar-refractivity contribution in [3.63, 3.8) is 0 Å². The molecule has 0 radical (unpaired) electrons. The lowest BCUT2D eigenvalue weighted by Gasteiger charge is -2.24. The number of amides is 1. The van der Waals surface area contributed by atoms with Gasteiger partial charge in [0.25, 0.3) is 5.91 Å². The molecular formula is C24H24N6O3. The van der Waals surface area contributed by atoms with E-state index < -0.39 is 0 Å². The first kappa shape index (κ1) is 20.9. The third-order valence-electron chi connectivity index (χ3n) is 5.68. The summed E-state index contributed by atoms with van der Waals surface area (Å²) in [7, 11) is 1.60. The first-order valence-corrected chi connectivity index (χ1v) is 10.7. The number of fused-ring (bicyclic) bond motifs is 2. The molecule has 0 bridgehead atoms. The first-order chi connectivity index (χ1) is 16.1. The number of methoxy groups -OCH3 is 1. The van der Waals surface area contributed by atoms with E-state index in [-0.39, 0.29) is 17.8 Å². The molecule has 1 atom stereocenters. The number of imidazole rings is 1. The summed E-state index contributed by atoms with van der Waals surface area (Å²) in [6, 6.07) is 13.3. The van der Waals surface area contributed by atoms with Gasteiger partial charge in [0.05, 0.1) is 35.9 Å². The van der Waals surface area contributed by atoms with E-state index in [0.29, 0.717) is 25.3 Å². The molecule has 9 heteroatoms. The summed E-state index contributed by atoms with van der Waals surface area (Å²) in [5, 5.41) is 2.85. The molecule has 3 heterocycles. The lowest BCUT2D eigenvalue weighted by molar-refractivity contribution is 0.0937. The second-order valence-corrected chi connectivity index (χ2v) is 7.94. The Morgan fingerprint density at radius 2 is 2.15 bits per heavy atom.